The number of aromatic nitrogens is 1. The first-order valence-corrected chi connectivity index (χ1v) is 9.16. The predicted molar refractivity (Wildman–Crippen MR) is 102 cm³/mol. The van der Waals surface area contributed by atoms with Gasteiger partial charge in [-0.05, 0) is 30.9 Å². The Morgan fingerprint density at radius 2 is 2.12 bits per heavy atom. The van der Waals surface area contributed by atoms with Crippen LogP contribution in [0, 0.1) is 5.92 Å². The Morgan fingerprint density at radius 1 is 1.44 bits per heavy atom. The van der Waals surface area contributed by atoms with Crippen LogP contribution in [0.15, 0.2) is 29.4 Å². The number of amides is 1. The van der Waals surface area contributed by atoms with E-state index in [9.17, 15) is 13.2 Å². The summed E-state index contributed by atoms with van der Waals surface area (Å²) in [5, 5.41) is 0. The smallest absolute Gasteiger partial charge is 0.244 e. The minimum atomic E-state index is -3.72. The zero-order chi connectivity index (χ0) is 17.0. The molecule has 7 nitrogen and oxygen atoms in total. The molecule has 1 aromatic heterocycles. The first kappa shape index (κ1) is 24.1. The van der Waals surface area contributed by atoms with Crippen LogP contribution >= 0.6 is 24.8 Å². The Bertz CT molecular complexity index is 645. The highest BCUT2D eigenvalue weighted by atomic mass is 35.5. The van der Waals surface area contributed by atoms with Gasteiger partial charge in [0.2, 0.25) is 15.9 Å². The van der Waals surface area contributed by atoms with Crippen LogP contribution in [0.2, 0.25) is 0 Å². The number of hydrogen-bond donors (Lipinski definition) is 1. The Hall–Kier alpha value is -0.930. The molecule has 0 aromatic carbocycles. The van der Waals surface area contributed by atoms with E-state index in [1.807, 2.05) is 0 Å². The second-order valence-corrected chi connectivity index (χ2v) is 8.10. The lowest BCUT2D eigenvalue weighted by molar-refractivity contribution is -0.135. The number of halogens is 2. The van der Waals surface area contributed by atoms with Gasteiger partial charge in [0.05, 0.1) is 6.54 Å². The molecule has 0 spiro atoms. The van der Waals surface area contributed by atoms with E-state index in [4.69, 9.17) is 5.73 Å². The fraction of sp³-hybridized carbons (Fsp3) is 0.600. The predicted octanol–water partition coefficient (Wildman–Crippen LogP) is 1.13. The van der Waals surface area contributed by atoms with Crippen LogP contribution in [0.3, 0.4) is 0 Å². The molecule has 1 aliphatic rings. The first-order chi connectivity index (χ1) is 10.9. The third-order valence-electron chi connectivity index (χ3n) is 4.27. The number of nitrogens with two attached hydrogens (primary N) is 1. The Kier molecular flexibility index (Phi) is 9.89. The van der Waals surface area contributed by atoms with Crippen molar-refractivity contribution in [2.45, 2.75) is 30.7 Å². The first-order valence-electron chi connectivity index (χ1n) is 7.72. The van der Waals surface area contributed by atoms with Crippen molar-refractivity contribution in [3.05, 3.63) is 24.5 Å². The molecule has 0 aliphatic carbocycles. The largest absolute Gasteiger partial charge is 0.337 e. The number of carbonyl (C=O) groups is 1. The molecule has 144 valence electrons. The number of nitrogens with zero attached hydrogens (tertiary/aromatic N) is 3. The molecule has 2 rings (SSSR count). The molecule has 1 aromatic rings. The maximum atomic E-state index is 12.5. The molecule has 1 amide bonds. The number of carbonyl (C=O) groups excluding carboxylic acids is 1. The van der Waals surface area contributed by atoms with Crippen LogP contribution in [0.1, 0.15) is 19.8 Å². The van der Waals surface area contributed by atoms with Gasteiger partial charge in [-0.1, -0.05) is 6.92 Å². The van der Waals surface area contributed by atoms with Crippen LogP contribution in [-0.4, -0.2) is 61.2 Å². The van der Waals surface area contributed by atoms with E-state index in [1.54, 1.807) is 11.0 Å². The number of rotatable bonds is 5. The number of pyridine rings is 1. The van der Waals surface area contributed by atoms with Crippen molar-refractivity contribution in [2.75, 3.05) is 26.7 Å². The zero-order valence-corrected chi connectivity index (χ0v) is 16.8. The molecule has 1 saturated heterocycles. The normalized spacial score (nSPS) is 20.6. The summed E-state index contributed by atoms with van der Waals surface area (Å²) < 4.78 is 26.0. The van der Waals surface area contributed by atoms with Gasteiger partial charge in [-0.25, -0.2) is 8.42 Å². The number of likely N-dealkylation sites (tertiary alicyclic amines) is 1. The van der Waals surface area contributed by atoms with Gasteiger partial charge in [0.15, 0.2) is 0 Å². The average Bonchev–Trinajstić information content (AvgIpc) is 2.55. The van der Waals surface area contributed by atoms with E-state index >= 15 is 0 Å². The molecule has 0 radical (unpaired) electrons. The van der Waals surface area contributed by atoms with Gasteiger partial charge >= 0.3 is 0 Å². The summed E-state index contributed by atoms with van der Waals surface area (Å²) >= 11 is 0. The van der Waals surface area contributed by atoms with Gasteiger partial charge in [0.1, 0.15) is 4.90 Å². The van der Waals surface area contributed by atoms with Gasteiger partial charge in [-0.3, -0.25) is 9.78 Å². The van der Waals surface area contributed by atoms with Gasteiger partial charge in [-0.15, -0.1) is 24.8 Å². The molecule has 0 bridgehead atoms. The summed E-state index contributed by atoms with van der Waals surface area (Å²) in [7, 11) is -2.31. The fourth-order valence-corrected chi connectivity index (χ4v) is 3.93. The number of hydrogen-bond acceptors (Lipinski definition) is 5. The summed E-state index contributed by atoms with van der Waals surface area (Å²) in [5.41, 5.74) is 5.77. The van der Waals surface area contributed by atoms with E-state index in [0.29, 0.717) is 19.0 Å². The van der Waals surface area contributed by atoms with Gasteiger partial charge in [0.25, 0.3) is 0 Å². The summed E-state index contributed by atoms with van der Waals surface area (Å²) in [5.74, 6) is 0.326. The van der Waals surface area contributed by atoms with Crippen LogP contribution in [0.5, 0.6) is 0 Å². The molecular weight excluding hydrogens is 387 g/mol. The Balaban J connectivity index is 0.00000288. The van der Waals surface area contributed by atoms with Gasteiger partial charge < -0.3 is 10.6 Å². The third-order valence-corrected chi connectivity index (χ3v) is 6.06. The average molecular weight is 413 g/mol. The molecule has 2 atom stereocenters. The Morgan fingerprint density at radius 3 is 2.68 bits per heavy atom. The van der Waals surface area contributed by atoms with Crippen LogP contribution in [0.25, 0.3) is 0 Å². The standard InChI is InChI=1S/C15H24N4O3S.2ClH/c1-12-5-7-19(13(8-12)9-16)15(20)11-18(2)23(21,22)14-4-3-6-17-10-14;;/h3-4,6,10,12-13H,5,7-9,11,16H2,1-2H3;2*1H. The number of likely N-dealkylation sites (N-methyl/N-ethyl adjacent to an activating group) is 1. The number of piperidine rings is 1. The summed E-state index contributed by atoms with van der Waals surface area (Å²) in [6.07, 6.45) is 4.56. The lowest BCUT2D eigenvalue weighted by Gasteiger charge is -2.38. The highest BCUT2D eigenvalue weighted by Crippen LogP contribution is 2.22. The fourth-order valence-electron chi connectivity index (χ4n) is 2.85. The topological polar surface area (TPSA) is 96.6 Å². The third kappa shape index (κ3) is 5.79. The van der Waals surface area contributed by atoms with Crippen LogP contribution < -0.4 is 5.73 Å². The second kappa shape index (κ2) is 10.3. The number of sulfonamides is 1. The summed E-state index contributed by atoms with van der Waals surface area (Å²) in [6.45, 7) is 2.98. The minimum Gasteiger partial charge on any atom is -0.337 e. The van der Waals surface area contributed by atoms with E-state index in [2.05, 4.69) is 11.9 Å². The van der Waals surface area contributed by atoms with Crippen molar-refractivity contribution in [1.29, 1.82) is 0 Å². The maximum Gasteiger partial charge on any atom is 0.244 e. The summed E-state index contributed by atoms with van der Waals surface area (Å²) in [4.78, 5) is 18.1. The van der Waals surface area contributed by atoms with Crippen LogP contribution in [-0.2, 0) is 14.8 Å². The van der Waals surface area contributed by atoms with Crippen LogP contribution in [0.4, 0.5) is 0 Å². The maximum absolute atomic E-state index is 12.5. The van der Waals surface area contributed by atoms with Crippen molar-refractivity contribution in [3.63, 3.8) is 0 Å². The second-order valence-electron chi connectivity index (χ2n) is 6.06. The molecule has 2 unspecified atom stereocenters. The lowest BCUT2D eigenvalue weighted by Crippen LogP contribution is -2.52. The zero-order valence-electron chi connectivity index (χ0n) is 14.4. The monoisotopic (exact) mass is 412 g/mol. The highest BCUT2D eigenvalue weighted by molar-refractivity contribution is 7.89. The SMILES string of the molecule is CC1CCN(C(=O)CN(C)S(=O)(=O)c2cccnc2)C(CN)C1.Cl.Cl. The highest BCUT2D eigenvalue weighted by Gasteiger charge is 2.31. The quantitative estimate of drug-likeness (QED) is 0.781. The molecular formula is C15H26Cl2N4O3S. The molecule has 2 heterocycles. The van der Waals surface area contributed by atoms with E-state index < -0.39 is 10.0 Å². The minimum absolute atomic E-state index is 0. The van der Waals surface area contributed by atoms with Crippen molar-refractivity contribution in [3.8, 4) is 0 Å². The Labute approximate surface area is 161 Å². The molecule has 0 saturated carbocycles. The van der Waals surface area contributed by atoms with Crippen molar-refractivity contribution in [1.82, 2.24) is 14.2 Å². The van der Waals surface area contributed by atoms with E-state index in [-0.39, 0.29) is 48.2 Å². The van der Waals surface area contributed by atoms with Gasteiger partial charge in [-0.2, -0.15) is 4.31 Å². The molecule has 1 aliphatic heterocycles. The summed E-state index contributed by atoms with van der Waals surface area (Å²) in [6, 6.07) is 3.01. The molecule has 25 heavy (non-hydrogen) atoms. The van der Waals surface area contributed by atoms with Crippen molar-refractivity contribution in [2.24, 2.45) is 11.7 Å². The molecule has 10 heteroatoms. The van der Waals surface area contributed by atoms with Gasteiger partial charge in [0, 0.05) is 38.6 Å². The molecule has 2 N–H and O–H groups in total. The van der Waals surface area contributed by atoms with E-state index in [1.165, 1.54) is 25.5 Å². The van der Waals surface area contributed by atoms with Crippen molar-refractivity contribution >= 4 is 40.7 Å². The van der Waals surface area contributed by atoms with Crippen molar-refractivity contribution < 1.29 is 13.2 Å². The lowest BCUT2D eigenvalue weighted by atomic mass is 9.92. The molecule has 1 fully saturated rings. The van der Waals surface area contributed by atoms with E-state index in [0.717, 1.165) is 17.1 Å².